The molecule has 1 rings (SSSR count). The third kappa shape index (κ3) is 3.15. The summed E-state index contributed by atoms with van der Waals surface area (Å²) in [7, 11) is 0. The van der Waals surface area contributed by atoms with E-state index in [1.807, 2.05) is 19.1 Å². The van der Waals surface area contributed by atoms with Crippen molar-refractivity contribution in [3.05, 3.63) is 29.8 Å². The maximum absolute atomic E-state index is 8.52. The van der Waals surface area contributed by atoms with Gasteiger partial charge in [0.1, 0.15) is 0 Å². The summed E-state index contributed by atoms with van der Waals surface area (Å²) in [5.74, 6) is 0.698. The third-order valence-electron chi connectivity index (χ3n) is 2.52. The fourth-order valence-corrected chi connectivity index (χ4v) is 1.37. The van der Waals surface area contributed by atoms with Crippen molar-refractivity contribution in [2.45, 2.75) is 32.7 Å². The first-order valence-corrected chi connectivity index (χ1v) is 5.38. The van der Waals surface area contributed by atoms with E-state index in [9.17, 15) is 0 Å². The van der Waals surface area contributed by atoms with Gasteiger partial charge in [-0.1, -0.05) is 31.1 Å². The lowest BCUT2D eigenvalue weighted by Gasteiger charge is -2.14. The van der Waals surface area contributed by atoms with Crippen LogP contribution in [0.3, 0.4) is 0 Å². The topological polar surface area (TPSA) is 70.6 Å². The van der Waals surface area contributed by atoms with Crippen molar-refractivity contribution in [2.75, 3.05) is 5.32 Å². The molecule has 4 nitrogen and oxygen atoms in total. The molecule has 0 saturated heterocycles. The van der Waals surface area contributed by atoms with Crippen LogP contribution in [0, 0.1) is 0 Å². The summed E-state index contributed by atoms with van der Waals surface area (Å²) in [5.41, 5.74) is 7.74. The highest BCUT2D eigenvalue weighted by molar-refractivity contribution is 5.87. The number of nitrogens with one attached hydrogen (secondary N) is 1. The zero-order chi connectivity index (χ0) is 12.1. The van der Waals surface area contributed by atoms with E-state index in [2.05, 4.69) is 36.5 Å². The molecule has 0 aliphatic rings. The van der Waals surface area contributed by atoms with Gasteiger partial charge in [0.15, 0.2) is 5.84 Å². The van der Waals surface area contributed by atoms with Crippen molar-refractivity contribution in [2.24, 2.45) is 10.9 Å². The molecule has 1 unspecified atom stereocenters. The van der Waals surface area contributed by atoms with Crippen LogP contribution in [0.5, 0.6) is 0 Å². The van der Waals surface area contributed by atoms with Crippen LogP contribution in [0.15, 0.2) is 29.4 Å². The fourth-order valence-electron chi connectivity index (χ4n) is 1.37. The predicted octanol–water partition coefficient (Wildman–Crippen LogP) is 2.36. The standard InChI is InChI=1S/C12H19N3O/c1-8(2)10-4-6-11(7-5-10)14-9(3)12(13)15-16/h4-9,14,16H,1-3H3,(H2,13,15). The Hall–Kier alpha value is -1.71. The Balaban J connectivity index is 2.69. The molecule has 0 saturated carbocycles. The quantitative estimate of drug-likeness (QED) is 0.316. The van der Waals surface area contributed by atoms with Crippen molar-refractivity contribution in [3.8, 4) is 0 Å². The van der Waals surface area contributed by atoms with Crippen molar-refractivity contribution in [3.63, 3.8) is 0 Å². The Morgan fingerprint density at radius 3 is 2.25 bits per heavy atom. The first-order chi connectivity index (χ1) is 7.54. The number of anilines is 1. The van der Waals surface area contributed by atoms with Gasteiger partial charge in [0.25, 0.3) is 0 Å². The minimum atomic E-state index is -0.185. The Bertz CT molecular complexity index is 357. The summed E-state index contributed by atoms with van der Waals surface area (Å²) in [6.07, 6.45) is 0. The number of oxime groups is 1. The molecule has 0 aromatic heterocycles. The number of hydrogen-bond acceptors (Lipinski definition) is 3. The average Bonchev–Trinajstić information content (AvgIpc) is 2.28. The van der Waals surface area contributed by atoms with Crippen LogP contribution in [0.4, 0.5) is 5.69 Å². The molecule has 0 radical (unpaired) electrons. The van der Waals surface area contributed by atoms with Gasteiger partial charge in [-0.15, -0.1) is 0 Å². The molecule has 0 amide bonds. The molecule has 0 fully saturated rings. The van der Waals surface area contributed by atoms with E-state index in [0.717, 1.165) is 5.69 Å². The highest BCUT2D eigenvalue weighted by atomic mass is 16.4. The van der Waals surface area contributed by atoms with E-state index < -0.39 is 0 Å². The van der Waals surface area contributed by atoms with E-state index in [-0.39, 0.29) is 11.9 Å². The molecule has 88 valence electrons. The Morgan fingerprint density at radius 2 is 1.81 bits per heavy atom. The van der Waals surface area contributed by atoms with Gasteiger partial charge in [-0.05, 0) is 30.5 Å². The second kappa shape index (κ2) is 5.39. The SMILES string of the molecule is CC(Nc1ccc(C(C)C)cc1)C(N)=NO. The highest BCUT2D eigenvalue weighted by Gasteiger charge is 2.07. The van der Waals surface area contributed by atoms with Gasteiger partial charge in [0.2, 0.25) is 0 Å². The monoisotopic (exact) mass is 221 g/mol. The van der Waals surface area contributed by atoms with Gasteiger partial charge in [-0.2, -0.15) is 0 Å². The molecule has 4 N–H and O–H groups in total. The van der Waals surface area contributed by atoms with Crippen LogP contribution < -0.4 is 11.1 Å². The predicted molar refractivity (Wildman–Crippen MR) is 67.0 cm³/mol. The van der Waals surface area contributed by atoms with Crippen molar-refractivity contribution in [1.29, 1.82) is 0 Å². The summed E-state index contributed by atoms with van der Waals surface area (Å²) in [6.45, 7) is 6.15. The Morgan fingerprint density at radius 1 is 1.25 bits per heavy atom. The smallest absolute Gasteiger partial charge is 0.161 e. The lowest BCUT2D eigenvalue weighted by molar-refractivity contribution is 0.316. The number of nitrogens with zero attached hydrogens (tertiary/aromatic N) is 1. The molecule has 1 aromatic carbocycles. The zero-order valence-corrected chi connectivity index (χ0v) is 9.94. The van der Waals surface area contributed by atoms with E-state index in [1.165, 1.54) is 5.56 Å². The van der Waals surface area contributed by atoms with Crippen LogP contribution in [-0.2, 0) is 0 Å². The largest absolute Gasteiger partial charge is 0.409 e. The second-order valence-electron chi connectivity index (χ2n) is 4.17. The molecule has 4 heteroatoms. The van der Waals surface area contributed by atoms with Gasteiger partial charge in [0.05, 0.1) is 6.04 Å². The van der Waals surface area contributed by atoms with E-state index in [4.69, 9.17) is 10.9 Å². The first kappa shape index (κ1) is 12.4. The maximum atomic E-state index is 8.52. The van der Waals surface area contributed by atoms with E-state index in [0.29, 0.717) is 5.92 Å². The number of hydrogen-bond donors (Lipinski definition) is 3. The molecule has 0 aliphatic carbocycles. The molecule has 16 heavy (non-hydrogen) atoms. The van der Waals surface area contributed by atoms with Gasteiger partial charge >= 0.3 is 0 Å². The van der Waals surface area contributed by atoms with Gasteiger partial charge in [0, 0.05) is 5.69 Å². The average molecular weight is 221 g/mol. The number of benzene rings is 1. The van der Waals surface area contributed by atoms with Crippen molar-refractivity contribution >= 4 is 11.5 Å². The molecular formula is C12H19N3O. The second-order valence-corrected chi connectivity index (χ2v) is 4.17. The number of rotatable bonds is 4. The zero-order valence-electron chi connectivity index (χ0n) is 9.94. The molecular weight excluding hydrogens is 202 g/mol. The number of amidine groups is 1. The molecule has 0 aliphatic heterocycles. The molecule has 0 bridgehead atoms. The van der Waals surface area contributed by atoms with Crippen LogP contribution in [-0.4, -0.2) is 17.1 Å². The van der Waals surface area contributed by atoms with Gasteiger partial charge < -0.3 is 16.3 Å². The Labute approximate surface area is 96.2 Å². The van der Waals surface area contributed by atoms with Gasteiger partial charge in [-0.3, -0.25) is 0 Å². The van der Waals surface area contributed by atoms with Crippen LogP contribution >= 0.6 is 0 Å². The minimum absolute atomic E-state index is 0.174. The van der Waals surface area contributed by atoms with Crippen LogP contribution in [0.2, 0.25) is 0 Å². The van der Waals surface area contributed by atoms with Crippen LogP contribution in [0.25, 0.3) is 0 Å². The van der Waals surface area contributed by atoms with Gasteiger partial charge in [-0.25, -0.2) is 0 Å². The maximum Gasteiger partial charge on any atom is 0.161 e. The normalized spacial score (nSPS) is 13.9. The third-order valence-corrected chi connectivity index (χ3v) is 2.52. The minimum Gasteiger partial charge on any atom is -0.409 e. The lowest BCUT2D eigenvalue weighted by atomic mass is 10.0. The summed E-state index contributed by atoms with van der Waals surface area (Å²) in [6, 6.07) is 7.96. The van der Waals surface area contributed by atoms with Crippen molar-refractivity contribution in [1.82, 2.24) is 0 Å². The fraction of sp³-hybridized carbons (Fsp3) is 0.417. The molecule has 1 aromatic rings. The summed E-state index contributed by atoms with van der Waals surface area (Å²) >= 11 is 0. The van der Waals surface area contributed by atoms with Crippen molar-refractivity contribution < 1.29 is 5.21 Å². The number of nitrogens with two attached hydrogens (primary N) is 1. The Kier molecular flexibility index (Phi) is 4.17. The highest BCUT2D eigenvalue weighted by Crippen LogP contribution is 2.17. The van der Waals surface area contributed by atoms with Crippen LogP contribution in [0.1, 0.15) is 32.3 Å². The summed E-state index contributed by atoms with van der Waals surface area (Å²) in [5, 5.41) is 14.6. The lowest BCUT2D eigenvalue weighted by Crippen LogP contribution is -2.32. The molecule has 0 heterocycles. The van der Waals surface area contributed by atoms with E-state index in [1.54, 1.807) is 0 Å². The first-order valence-electron chi connectivity index (χ1n) is 5.38. The van der Waals surface area contributed by atoms with E-state index >= 15 is 0 Å². The summed E-state index contributed by atoms with van der Waals surface area (Å²) < 4.78 is 0. The molecule has 1 atom stereocenters. The summed E-state index contributed by atoms with van der Waals surface area (Å²) in [4.78, 5) is 0. The molecule has 0 spiro atoms.